The van der Waals surface area contributed by atoms with E-state index in [4.69, 9.17) is 0 Å². The zero-order valence-corrected chi connectivity index (χ0v) is 13.2. The number of H-pyrrole nitrogens is 1. The Morgan fingerprint density at radius 3 is 2.86 bits per heavy atom. The molecule has 0 saturated carbocycles. The summed E-state index contributed by atoms with van der Waals surface area (Å²) in [5, 5.41) is 2.99. The van der Waals surface area contributed by atoms with Crippen LogP contribution in [0.5, 0.6) is 0 Å². The summed E-state index contributed by atoms with van der Waals surface area (Å²) in [6.07, 6.45) is 4.23. The second-order valence-electron chi connectivity index (χ2n) is 5.75. The Bertz CT molecular complexity index is 522. The van der Waals surface area contributed by atoms with E-state index in [0.29, 0.717) is 23.8 Å². The van der Waals surface area contributed by atoms with Gasteiger partial charge >= 0.3 is 0 Å². The molecule has 0 radical (unpaired) electrons. The predicted molar refractivity (Wildman–Crippen MR) is 82.9 cm³/mol. The van der Waals surface area contributed by atoms with E-state index in [1.54, 1.807) is 6.92 Å². The number of likely N-dealkylation sites (tertiary alicyclic amines) is 1. The van der Waals surface area contributed by atoms with E-state index in [9.17, 15) is 9.59 Å². The normalized spacial score (nSPS) is 18.9. The average Bonchev–Trinajstić information content (AvgIpc) is 3.02. The highest BCUT2D eigenvalue weighted by atomic mass is 16.1. The van der Waals surface area contributed by atoms with Crippen molar-refractivity contribution in [1.29, 1.82) is 0 Å². The molecule has 2 heterocycles. The van der Waals surface area contributed by atoms with Crippen LogP contribution in [-0.2, 0) is 0 Å². The number of nitrogens with one attached hydrogen (secondary N) is 2. The van der Waals surface area contributed by atoms with Crippen LogP contribution in [0.1, 0.15) is 58.3 Å². The van der Waals surface area contributed by atoms with Gasteiger partial charge in [-0.1, -0.05) is 6.92 Å². The van der Waals surface area contributed by atoms with E-state index in [2.05, 4.69) is 22.1 Å². The van der Waals surface area contributed by atoms with Crippen molar-refractivity contribution in [2.75, 3.05) is 19.6 Å². The van der Waals surface area contributed by atoms with Gasteiger partial charge in [0.1, 0.15) is 0 Å². The third kappa shape index (κ3) is 3.35. The van der Waals surface area contributed by atoms with Gasteiger partial charge in [-0.25, -0.2) is 0 Å². The van der Waals surface area contributed by atoms with Gasteiger partial charge in [-0.3, -0.25) is 9.59 Å². The number of aryl methyl sites for hydroxylation is 1. The van der Waals surface area contributed by atoms with Gasteiger partial charge in [0.2, 0.25) is 0 Å². The maximum atomic E-state index is 12.3. The fourth-order valence-corrected chi connectivity index (χ4v) is 3.31. The van der Waals surface area contributed by atoms with E-state index in [1.165, 1.54) is 19.4 Å². The Hall–Kier alpha value is -1.62. The fourth-order valence-electron chi connectivity index (χ4n) is 3.31. The number of nitrogens with zero attached hydrogens (tertiary/aromatic N) is 1. The molecule has 116 valence electrons. The molecule has 5 heteroatoms. The number of aromatic nitrogens is 1. The molecule has 1 atom stereocenters. The highest BCUT2D eigenvalue weighted by Gasteiger charge is 2.23. The van der Waals surface area contributed by atoms with Crippen molar-refractivity contribution in [2.24, 2.45) is 0 Å². The molecular formula is C16H25N3O2. The summed E-state index contributed by atoms with van der Waals surface area (Å²) < 4.78 is 0. The van der Waals surface area contributed by atoms with Gasteiger partial charge in [-0.15, -0.1) is 0 Å². The van der Waals surface area contributed by atoms with Crippen LogP contribution < -0.4 is 5.32 Å². The molecule has 0 bridgehead atoms. The Morgan fingerprint density at radius 1 is 1.48 bits per heavy atom. The zero-order chi connectivity index (χ0) is 15.4. The molecule has 1 aromatic heterocycles. The number of aldehydes is 1. The molecule has 1 amide bonds. The first-order valence-corrected chi connectivity index (χ1v) is 7.75. The van der Waals surface area contributed by atoms with Crippen LogP contribution in [0.2, 0.25) is 0 Å². The Labute approximate surface area is 126 Å². The van der Waals surface area contributed by atoms with Crippen LogP contribution in [0.4, 0.5) is 0 Å². The zero-order valence-electron chi connectivity index (χ0n) is 13.2. The van der Waals surface area contributed by atoms with Crippen LogP contribution in [-0.4, -0.2) is 47.8 Å². The number of aromatic amines is 1. The molecule has 0 aliphatic carbocycles. The van der Waals surface area contributed by atoms with E-state index in [0.717, 1.165) is 30.5 Å². The molecule has 1 fully saturated rings. The van der Waals surface area contributed by atoms with Crippen molar-refractivity contribution >= 4 is 12.2 Å². The maximum Gasteiger partial charge on any atom is 0.253 e. The van der Waals surface area contributed by atoms with Crippen LogP contribution >= 0.6 is 0 Å². The smallest absolute Gasteiger partial charge is 0.253 e. The Morgan fingerprint density at radius 2 is 2.24 bits per heavy atom. The molecule has 1 unspecified atom stereocenters. The summed E-state index contributed by atoms with van der Waals surface area (Å²) in [5.41, 5.74) is 2.58. The van der Waals surface area contributed by atoms with Crippen LogP contribution in [0.25, 0.3) is 0 Å². The van der Waals surface area contributed by atoms with Crippen molar-refractivity contribution < 1.29 is 9.59 Å². The van der Waals surface area contributed by atoms with Crippen molar-refractivity contribution in [3.63, 3.8) is 0 Å². The molecule has 1 aromatic rings. The van der Waals surface area contributed by atoms with Gasteiger partial charge in [0.05, 0.1) is 11.3 Å². The SMILES string of the molecule is CCN1CCCC1CCNC(=O)c1c(C)[nH]c(C=O)c1C. The first kappa shape index (κ1) is 15.8. The molecule has 0 spiro atoms. The van der Waals surface area contributed by atoms with Gasteiger partial charge in [0.25, 0.3) is 5.91 Å². The monoisotopic (exact) mass is 291 g/mol. The van der Waals surface area contributed by atoms with Gasteiger partial charge < -0.3 is 15.2 Å². The lowest BCUT2D eigenvalue weighted by molar-refractivity contribution is 0.0948. The molecule has 2 rings (SSSR count). The molecular weight excluding hydrogens is 266 g/mol. The number of hydrogen-bond acceptors (Lipinski definition) is 3. The quantitative estimate of drug-likeness (QED) is 0.788. The second-order valence-corrected chi connectivity index (χ2v) is 5.75. The van der Waals surface area contributed by atoms with E-state index >= 15 is 0 Å². The molecule has 1 aliphatic heterocycles. The molecule has 21 heavy (non-hydrogen) atoms. The number of carbonyl (C=O) groups excluding carboxylic acids is 2. The lowest BCUT2D eigenvalue weighted by atomic mass is 10.1. The molecule has 1 saturated heterocycles. The molecule has 1 aliphatic rings. The summed E-state index contributed by atoms with van der Waals surface area (Å²) in [6.45, 7) is 8.75. The van der Waals surface area contributed by atoms with Crippen molar-refractivity contribution in [3.8, 4) is 0 Å². The second kappa shape index (κ2) is 6.89. The number of amides is 1. The fraction of sp³-hybridized carbons (Fsp3) is 0.625. The summed E-state index contributed by atoms with van der Waals surface area (Å²) in [5.74, 6) is -0.0876. The summed E-state index contributed by atoms with van der Waals surface area (Å²) in [4.78, 5) is 28.6. The Balaban J connectivity index is 1.90. The van der Waals surface area contributed by atoms with E-state index in [1.807, 2.05) is 6.92 Å². The molecule has 2 N–H and O–H groups in total. The molecule has 0 aromatic carbocycles. The molecule has 5 nitrogen and oxygen atoms in total. The average molecular weight is 291 g/mol. The minimum Gasteiger partial charge on any atom is -0.356 e. The van der Waals surface area contributed by atoms with Gasteiger partial charge in [0.15, 0.2) is 6.29 Å². The lowest BCUT2D eigenvalue weighted by Crippen LogP contribution is -2.34. The van der Waals surface area contributed by atoms with Crippen molar-refractivity contribution in [1.82, 2.24) is 15.2 Å². The minimum atomic E-state index is -0.0876. The van der Waals surface area contributed by atoms with Crippen LogP contribution in [0, 0.1) is 13.8 Å². The Kier molecular flexibility index (Phi) is 5.17. The summed E-state index contributed by atoms with van der Waals surface area (Å²) in [7, 11) is 0. The van der Waals surface area contributed by atoms with Gasteiger partial charge in [-0.2, -0.15) is 0 Å². The first-order chi connectivity index (χ1) is 10.1. The first-order valence-electron chi connectivity index (χ1n) is 7.75. The number of rotatable bonds is 6. The predicted octanol–water partition coefficient (Wildman–Crippen LogP) is 2.05. The van der Waals surface area contributed by atoms with Gasteiger partial charge in [-0.05, 0) is 51.8 Å². The highest BCUT2D eigenvalue weighted by Crippen LogP contribution is 2.19. The van der Waals surface area contributed by atoms with E-state index in [-0.39, 0.29) is 5.91 Å². The topological polar surface area (TPSA) is 65.2 Å². The van der Waals surface area contributed by atoms with E-state index < -0.39 is 0 Å². The summed E-state index contributed by atoms with van der Waals surface area (Å²) in [6, 6.07) is 0.592. The third-order valence-electron chi connectivity index (χ3n) is 4.49. The van der Waals surface area contributed by atoms with Crippen LogP contribution in [0.3, 0.4) is 0 Å². The van der Waals surface area contributed by atoms with Crippen molar-refractivity contribution in [2.45, 2.75) is 46.1 Å². The minimum absolute atomic E-state index is 0.0876. The largest absolute Gasteiger partial charge is 0.356 e. The lowest BCUT2D eigenvalue weighted by Gasteiger charge is -2.22. The standard InChI is InChI=1S/C16H25N3O2/c1-4-19-9-5-6-13(19)7-8-17-16(21)15-11(2)14(10-20)18-12(15)3/h10,13,18H,4-9H2,1-3H3,(H,17,21). The third-order valence-corrected chi connectivity index (χ3v) is 4.49. The van der Waals surface area contributed by atoms with Crippen LogP contribution in [0.15, 0.2) is 0 Å². The number of carbonyl (C=O) groups is 2. The highest BCUT2D eigenvalue weighted by molar-refractivity contribution is 5.99. The van der Waals surface area contributed by atoms with Gasteiger partial charge in [0, 0.05) is 18.3 Å². The maximum absolute atomic E-state index is 12.3. The summed E-state index contributed by atoms with van der Waals surface area (Å²) >= 11 is 0. The van der Waals surface area contributed by atoms with Crippen molar-refractivity contribution in [3.05, 3.63) is 22.5 Å². The number of hydrogen-bond donors (Lipinski definition) is 2.